The molecular formula is C19H20N4O2. The molecule has 1 saturated heterocycles. The molecule has 0 unspecified atom stereocenters. The first-order valence-corrected chi connectivity index (χ1v) is 8.49. The number of hydrogen-bond donors (Lipinski definition) is 0. The second-order valence-corrected chi connectivity index (χ2v) is 6.43. The molecule has 25 heavy (non-hydrogen) atoms. The molecule has 4 rings (SSSR count). The van der Waals surface area contributed by atoms with Crippen molar-refractivity contribution in [2.75, 3.05) is 24.6 Å². The minimum atomic E-state index is -0.355. The van der Waals surface area contributed by atoms with E-state index in [1.54, 1.807) is 10.7 Å². The fourth-order valence-electron chi connectivity index (χ4n) is 3.22. The van der Waals surface area contributed by atoms with Gasteiger partial charge in [-0.15, -0.1) is 0 Å². The molecule has 2 aromatic heterocycles. The molecule has 0 bridgehead atoms. The van der Waals surface area contributed by atoms with Crippen molar-refractivity contribution in [1.82, 2.24) is 14.6 Å². The number of anilines is 1. The zero-order valence-electron chi connectivity index (χ0n) is 14.1. The lowest BCUT2D eigenvalue weighted by molar-refractivity contribution is 0.0453. The molecule has 128 valence electrons. The van der Waals surface area contributed by atoms with Crippen LogP contribution in [0.3, 0.4) is 0 Å². The Morgan fingerprint density at radius 3 is 2.96 bits per heavy atom. The van der Waals surface area contributed by atoms with E-state index in [9.17, 15) is 4.79 Å². The van der Waals surface area contributed by atoms with Gasteiger partial charge in [0.05, 0.1) is 12.8 Å². The monoisotopic (exact) mass is 336 g/mol. The van der Waals surface area contributed by atoms with Gasteiger partial charge in [0.1, 0.15) is 5.56 Å². The summed E-state index contributed by atoms with van der Waals surface area (Å²) in [6, 6.07) is 12.2. The van der Waals surface area contributed by atoms with Gasteiger partial charge in [-0.2, -0.15) is 5.10 Å². The minimum Gasteiger partial charge on any atom is -0.462 e. The number of nitrogens with zero attached hydrogens (tertiary/aromatic N) is 4. The van der Waals surface area contributed by atoms with Crippen LogP contribution in [0.5, 0.6) is 0 Å². The van der Waals surface area contributed by atoms with E-state index in [1.807, 2.05) is 31.2 Å². The van der Waals surface area contributed by atoms with Crippen molar-refractivity contribution < 1.29 is 9.53 Å². The van der Waals surface area contributed by atoms with Crippen LogP contribution in [-0.2, 0) is 4.74 Å². The maximum absolute atomic E-state index is 12.4. The van der Waals surface area contributed by atoms with E-state index in [2.05, 4.69) is 27.1 Å². The molecule has 6 nitrogen and oxygen atoms in total. The Balaban J connectivity index is 1.38. The summed E-state index contributed by atoms with van der Waals surface area (Å²) in [4.78, 5) is 19.1. The van der Waals surface area contributed by atoms with Crippen molar-refractivity contribution in [2.45, 2.75) is 13.3 Å². The average molecular weight is 336 g/mol. The lowest BCUT2D eigenvalue weighted by Gasteiger charge is -2.18. The summed E-state index contributed by atoms with van der Waals surface area (Å²) in [5, 5.41) is 4.16. The number of carbonyl (C=O) groups is 1. The standard InChI is InChI=1S/C19H20N4O2/c1-14-7-10-23-18(21-14)17(11-20-23)19(24)25-13-15-8-9-22(12-15)16-5-3-2-4-6-16/h2-7,10-11,15H,8-9,12-13H2,1H3/t15-/m1/s1. The van der Waals surface area contributed by atoms with E-state index < -0.39 is 0 Å². The van der Waals surface area contributed by atoms with Gasteiger partial charge in [-0.25, -0.2) is 14.3 Å². The molecule has 0 radical (unpaired) electrons. The number of fused-ring (bicyclic) bond motifs is 1. The summed E-state index contributed by atoms with van der Waals surface area (Å²) in [7, 11) is 0. The Hall–Kier alpha value is -2.89. The van der Waals surface area contributed by atoms with Crippen molar-refractivity contribution in [3.05, 3.63) is 60.0 Å². The summed E-state index contributed by atoms with van der Waals surface area (Å²) in [5.74, 6) is -0.00745. The largest absolute Gasteiger partial charge is 0.462 e. The summed E-state index contributed by atoms with van der Waals surface area (Å²) in [5.41, 5.74) is 3.03. The molecule has 1 aliphatic rings. The van der Waals surface area contributed by atoms with Crippen molar-refractivity contribution >= 4 is 17.3 Å². The highest BCUT2D eigenvalue weighted by atomic mass is 16.5. The fraction of sp³-hybridized carbons (Fsp3) is 0.316. The number of benzene rings is 1. The number of ether oxygens (including phenoxy) is 1. The molecule has 0 aliphatic carbocycles. The van der Waals surface area contributed by atoms with Gasteiger partial charge in [0.2, 0.25) is 0 Å². The molecule has 0 spiro atoms. The van der Waals surface area contributed by atoms with Crippen molar-refractivity contribution in [3.63, 3.8) is 0 Å². The molecule has 3 heterocycles. The van der Waals surface area contributed by atoms with Gasteiger partial charge in [0.25, 0.3) is 0 Å². The van der Waals surface area contributed by atoms with Crippen LogP contribution in [0.1, 0.15) is 22.5 Å². The van der Waals surface area contributed by atoms with E-state index in [4.69, 9.17) is 4.74 Å². The summed E-state index contributed by atoms with van der Waals surface area (Å²) < 4.78 is 7.14. The Labute approximate surface area is 146 Å². The maximum atomic E-state index is 12.4. The second-order valence-electron chi connectivity index (χ2n) is 6.43. The van der Waals surface area contributed by atoms with Gasteiger partial charge in [0, 0.05) is 36.6 Å². The molecule has 0 amide bonds. The Bertz CT molecular complexity index is 891. The number of para-hydroxylation sites is 1. The van der Waals surface area contributed by atoms with Gasteiger partial charge in [-0.3, -0.25) is 0 Å². The Kier molecular flexibility index (Phi) is 4.09. The number of esters is 1. The number of rotatable bonds is 4. The van der Waals surface area contributed by atoms with Crippen molar-refractivity contribution in [2.24, 2.45) is 5.92 Å². The topological polar surface area (TPSA) is 59.7 Å². The van der Waals surface area contributed by atoms with Crippen LogP contribution in [0.4, 0.5) is 5.69 Å². The highest BCUT2D eigenvalue weighted by Gasteiger charge is 2.25. The van der Waals surface area contributed by atoms with Crippen molar-refractivity contribution in [3.8, 4) is 0 Å². The van der Waals surface area contributed by atoms with Gasteiger partial charge in [-0.1, -0.05) is 18.2 Å². The first-order chi connectivity index (χ1) is 12.2. The highest BCUT2D eigenvalue weighted by Crippen LogP contribution is 2.24. The van der Waals surface area contributed by atoms with Crippen LogP contribution in [0, 0.1) is 12.8 Å². The zero-order valence-corrected chi connectivity index (χ0v) is 14.1. The number of aromatic nitrogens is 3. The zero-order chi connectivity index (χ0) is 17.2. The lowest BCUT2D eigenvalue weighted by Crippen LogP contribution is -2.22. The van der Waals surface area contributed by atoms with Crippen LogP contribution in [-0.4, -0.2) is 40.3 Å². The molecule has 0 N–H and O–H groups in total. The Morgan fingerprint density at radius 1 is 1.28 bits per heavy atom. The highest BCUT2D eigenvalue weighted by molar-refractivity contribution is 5.95. The molecule has 1 aromatic carbocycles. The van der Waals surface area contributed by atoms with E-state index >= 15 is 0 Å². The van der Waals surface area contributed by atoms with Crippen LogP contribution in [0.25, 0.3) is 5.65 Å². The second kappa shape index (κ2) is 6.55. The van der Waals surface area contributed by atoms with E-state index in [-0.39, 0.29) is 5.97 Å². The summed E-state index contributed by atoms with van der Waals surface area (Å²) in [6.45, 7) is 4.21. The maximum Gasteiger partial charge on any atom is 0.343 e. The molecule has 3 aromatic rings. The number of carbonyl (C=O) groups excluding carboxylic acids is 1. The van der Waals surface area contributed by atoms with E-state index in [0.29, 0.717) is 23.7 Å². The predicted octanol–water partition coefficient (Wildman–Crippen LogP) is 2.72. The van der Waals surface area contributed by atoms with Crippen LogP contribution in [0.15, 0.2) is 48.8 Å². The van der Waals surface area contributed by atoms with E-state index in [0.717, 1.165) is 25.2 Å². The summed E-state index contributed by atoms with van der Waals surface area (Å²) >= 11 is 0. The third-order valence-electron chi connectivity index (χ3n) is 4.59. The van der Waals surface area contributed by atoms with Crippen LogP contribution in [0.2, 0.25) is 0 Å². The van der Waals surface area contributed by atoms with Crippen LogP contribution < -0.4 is 4.90 Å². The number of hydrogen-bond acceptors (Lipinski definition) is 5. The third kappa shape index (κ3) is 3.20. The number of aryl methyl sites for hydroxylation is 1. The van der Waals surface area contributed by atoms with Gasteiger partial charge >= 0.3 is 5.97 Å². The van der Waals surface area contributed by atoms with Crippen LogP contribution >= 0.6 is 0 Å². The molecular weight excluding hydrogens is 316 g/mol. The minimum absolute atomic E-state index is 0.348. The third-order valence-corrected chi connectivity index (χ3v) is 4.59. The SMILES string of the molecule is Cc1ccn2ncc(C(=O)OC[C@@H]3CCN(c4ccccc4)C3)c2n1. The molecule has 6 heteroatoms. The quantitative estimate of drug-likeness (QED) is 0.686. The Morgan fingerprint density at radius 2 is 2.12 bits per heavy atom. The average Bonchev–Trinajstić information content (AvgIpc) is 3.27. The fourth-order valence-corrected chi connectivity index (χ4v) is 3.22. The van der Waals surface area contributed by atoms with E-state index in [1.165, 1.54) is 11.9 Å². The molecule has 1 aliphatic heterocycles. The predicted molar refractivity (Wildman–Crippen MR) is 94.8 cm³/mol. The smallest absolute Gasteiger partial charge is 0.343 e. The first kappa shape index (κ1) is 15.6. The van der Waals surface area contributed by atoms with Gasteiger partial charge in [-0.05, 0) is 31.5 Å². The lowest BCUT2D eigenvalue weighted by atomic mass is 10.1. The van der Waals surface area contributed by atoms with Gasteiger partial charge < -0.3 is 9.64 Å². The molecule has 0 saturated carbocycles. The van der Waals surface area contributed by atoms with Crippen molar-refractivity contribution in [1.29, 1.82) is 0 Å². The normalized spacial score (nSPS) is 17.2. The molecule has 1 atom stereocenters. The summed E-state index contributed by atoms with van der Waals surface area (Å²) in [6.07, 6.45) is 4.34. The van der Waals surface area contributed by atoms with Gasteiger partial charge in [0.15, 0.2) is 5.65 Å². The first-order valence-electron chi connectivity index (χ1n) is 8.49. The molecule has 1 fully saturated rings.